The van der Waals surface area contributed by atoms with Crippen LogP contribution in [0.3, 0.4) is 0 Å². The van der Waals surface area contributed by atoms with Crippen molar-refractivity contribution in [3.63, 3.8) is 0 Å². The summed E-state index contributed by atoms with van der Waals surface area (Å²) in [6, 6.07) is 7.52. The molecule has 21 heavy (non-hydrogen) atoms. The summed E-state index contributed by atoms with van der Waals surface area (Å²) in [7, 11) is 6.75. The maximum absolute atomic E-state index is 5.31. The fraction of sp³-hybridized carbons (Fsp3) is 0.333. The van der Waals surface area contributed by atoms with Gasteiger partial charge in [0.2, 0.25) is 11.8 Å². The molecule has 1 heterocycles. The quantitative estimate of drug-likeness (QED) is 0.812. The number of methoxy groups -OCH3 is 3. The molecule has 0 unspecified atom stereocenters. The Labute approximate surface area is 124 Å². The number of hydrogen-bond acceptors (Lipinski definition) is 6. The first kappa shape index (κ1) is 14.9. The molecule has 0 saturated carbocycles. The molecule has 2 rings (SSSR count). The molecule has 0 aliphatic carbocycles. The van der Waals surface area contributed by atoms with E-state index in [0.717, 1.165) is 5.56 Å². The zero-order chi connectivity index (χ0) is 15.2. The summed E-state index contributed by atoms with van der Waals surface area (Å²) in [6.07, 6.45) is 1.67. The lowest BCUT2D eigenvalue weighted by Gasteiger charge is -2.18. The number of rotatable bonds is 6. The van der Waals surface area contributed by atoms with Crippen molar-refractivity contribution in [2.75, 3.05) is 33.3 Å². The Kier molecular flexibility index (Phi) is 4.81. The van der Waals surface area contributed by atoms with Crippen LogP contribution < -0.4 is 19.1 Å². The number of aromatic nitrogens is 2. The molecule has 0 bridgehead atoms. The molecule has 0 N–H and O–H groups in total. The number of nitrogens with zero attached hydrogens (tertiary/aromatic N) is 3. The van der Waals surface area contributed by atoms with Crippen LogP contribution in [-0.4, -0.2) is 38.3 Å². The Balaban J connectivity index is 2.16. The molecule has 1 aromatic carbocycles. The van der Waals surface area contributed by atoms with Crippen LogP contribution in [0.25, 0.3) is 0 Å². The van der Waals surface area contributed by atoms with Gasteiger partial charge in [-0.1, -0.05) is 6.07 Å². The maximum Gasteiger partial charge on any atom is 0.228 e. The topological polar surface area (TPSA) is 56.7 Å². The highest BCUT2D eigenvalue weighted by atomic mass is 16.5. The van der Waals surface area contributed by atoms with E-state index < -0.39 is 0 Å². The molecule has 6 heteroatoms. The normalized spacial score (nSPS) is 10.1. The van der Waals surface area contributed by atoms with Gasteiger partial charge >= 0.3 is 0 Å². The number of benzene rings is 1. The summed E-state index contributed by atoms with van der Waals surface area (Å²) < 4.78 is 15.6. The maximum atomic E-state index is 5.31. The lowest BCUT2D eigenvalue weighted by molar-refractivity contribution is 0.354. The lowest BCUT2D eigenvalue weighted by atomic mass is 10.2. The zero-order valence-electron chi connectivity index (χ0n) is 12.7. The van der Waals surface area contributed by atoms with Gasteiger partial charge in [0.25, 0.3) is 0 Å². The Hall–Kier alpha value is -2.50. The van der Waals surface area contributed by atoms with E-state index in [0.29, 0.717) is 29.9 Å². The highest BCUT2D eigenvalue weighted by Gasteiger charge is 2.09. The molecule has 0 aliphatic rings. The summed E-state index contributed by atoms with van der Waals surface area (Å²) in [4.78, 5) is 10.5. The first-order valence-electron chi connectivity index (χ1n) is 6.47. The molecule has 0 radical (unpaired) electrons. The molecule has 0 atom stereocenters. The third kappa shape index (κ3) is 3.53. The van der Waals surface area contributed by atoms with Crippen molar-refractivity contribution in [2.45, 2.75) is 6.54 Å². The second-order valence-electron chi connectivity index (χ2n) is 4.44. The van der Waals surface area contributed by atoms with E-state index in [1.807, 2.05) is 30.1 Å². The van der Waals surface area contributed by atoms with Crippen LogP contribution >= 0.6 is 0 Å². The van der Waals surface area contributed by atoms with Crippen molar-refractivity contribution in [3.8, 4) is 17.4 Å². The van der Waals surface area contributed by atoms with Gasteiger partial charge in [0, 0.05) is 25.9 Å². The average molecular weight is 289 g/mol. The van der Waals surface area contributed by atoms with Gasteiger partial charge in [-0.25, -0.2) is 4.98 Å². The highest BCUT2D eigenvalue weighted by molar-refractivity contribution is 5.44. The highest BCUT2D eigenvalue weighted by Crippen LogP contribution is 2.28. The molecule has 0 fully saturated rings. The van der Waals surface area contributed by atoms with E-state index in [-0.39, 0.29) is 0 Å². The molecule has 1 aromatic heterocycles. The molecular formula is C15H19N3O3. The molecule has 112 valence electrons. The largest absolute Gasteiger partial charge is 0.493 e. The van der Waals surface area contributed by atoms with Gasteiger partial charge in [0.1, 0.15) is 0 Å². The van der Waals surface area contributed by atoms with E-state index in [4.69, 9.17) is 14.2 Å². The SMILES string of the molecule is COc1ccnc(N(C)Cc2ccc(OC)c(OC)c2)n1. The second kappa shape index (κ2) is 6.78. The van der Waals surface area contributed by atoms with Crippen LogP contribution in [0.4, 0.5) is 5.95 Å². The van der Waals surface area contributed by atoms with Crippen molar-refractivity contribution in [1.82, 2.24) is 9.97 Å². The smallest absolute Gasteiger partial charge is 0.228 e. The third-order valence-electron chi connectivity index (χ3n) is 3.04. The van der Waals surface area contributed by atoms with Crippen molar-refractivity contribution in [1.29, 1.82) is 0 Å². The van der Waals surface area contributed by atoms with Crippen molar-refractivity contribution in [3.05, 3.63) is 36.0 Å². The molecule has 0 saturated heterocycles. The van der Waals surface area contributed by atoms with Gasteiger partial charge in [-0.05, 0) is 17.7 Å². The van der Waals surface area contributed by atoms with Crippen LogP contribution in [0.1, 0.15) is 5.56 Å². The van der Waals surface area contributed by atoms with Gasteiger partial charge in [0.15, 0.2) is 11.5 Å². The fourth-order valence-corrected chi connectivity index (χ4v) is 1.95. The van der Waals surface area contributed by atoms with Gasteiger partial charge in [-0.3, -0.25) is 0 Å². The predicted octanol–water partition coefficient (Wildman–Crippen LogP) is 2.14. The summed E-state index contributed by atoms with van der Waals surface area (Å²) in [5.74, 6) is 2.56. The second-order valence-corrected chi connectivity index (χ2v) is 4.44. The molecule has 6 nitrogen and oxygen atoms in total. The first-order valence-corrected chi connectivity index (χ1v) is 6.47. The minimum absolute atomic E-state index is 0.541. The zero-order valence-corrected chi connectivity index (χ0v) is 12.7. The van der Waals surface area contributed by atoms with Crippen LogP contribution in [0, 0.1) is 0 Å². The van der Waals surface area contributed by atoms with Crippen molar-refractivity contribution < 1.29 is 14.2 Å². The van der Waals surface area contributed by atoms with Crippen molar-refractivity contribution in [2.24, 2.45) is 0 Å². The van der Waals surface area contributed by atoms with Gasteiger partial charge in [-0.2, -0.15) is 4.98 Å². The standard InChI is InChI=1S/C15H19N3O3/c1-18(15-16-8-7-14(17-15)21-4)10-11-5-6-12(19-2)13(9-11)20-3/h5-9H,10H2,1-4H3. The number of hydrogen-bond donors (Lipinski definition) is 0. The van der Waals surface area contributed by atoms with Gasteiger partial charge < -0.3 is 19.1 Å². The lowest BCUT2D eigenvalue weighted by Crippen LogP contribution is -2.19. The van der Waals surface area contributed by atoms with Crippen LogP contribution in [0.2, 0.25) is 0 Å². The Bertz CT molecular complexity index is 604. The molecular weight excluding hydrogens is 270 g/mol. The summed E-state index contributed by atoms with van der Waals surface area (Å²) in [5.41, 5.74) is 1.07. The van der Waals surface area contributed by atoms with E-state index in [2.05, 4.69) is 9.97 Å². The van der Waals surface area contributed by atoms with E-state index >= 15 is 0 Å². The Morgan fingerprint density at radius 3 is 2.43 bits per heavy atom. The number of ether oxygens (including phenoxy) is 3. The van der Waals surface area contributed by atoms with Crippen LogP contribution in [0.5, 0.6) is 17.4 Å². The first-order chi connectivity index (χ1) is 10.2. The van der Waals surface area contributed by atoms with Crippen molar-refractivity contribution >= 4 is 5.95 Å². The minimum atomic E-state index is 0.541. The van der Waals surface area contributed by atoms with E-state index in [9.17, 15) is 0 Å². The van der Waals surface area contributed by atoms with Crippen LogP contribution in [-0.2, 0) is 6.54 Å². The summed E-state index contributed by atoms with van der Waals surface area (Å²) >= 11 is 0. The predicted molar refractivity (Wildman–Crippen MR) is 80.2 cm³/mol. The molecule has 0 aliphatic heterocycles. The summed E-state index contributed by atoms with van der Waals surface area (Å²) in [6.45, 7) is 0.646. The average Bonchev–Trinajstić information content (AvgIpc) is 2.54. The minimum Gasteiger partial charge on any atom is -0.493 e. The Morgan fingerprint density at radius 2 is 1.76 bits per heavy atom. The van der Waals surface area contributed by atoms with Crippen LogP contribution in [0.15, 0.2) is 30.5 Å². The monoisotopic (exact) mass is 289 g/mol. The number of anilines is 1. The van der Waals surface area contributed by atoms with E-state index in [1.165, 1.54) is 0 Å². The van der Waals surface area contributed by atoms with Gasteiger partial charge in [-0.15, -0.1) is 0 Å². The summed E-state index contributed by atoms with van der Waals surface area (Å²) in [5, 5.41) is 0. The third-order valence-corrected chi connectivity index (χ3v) is 3.04. The molecule has 0 amide bonds. The molecule has 2 aromatic rings. The molecule has 0 spiro atoms. The van der Waals surface area contributed by atoms with Gasteiger partial charge in [0.05, 0.1) is 21.3 Å². The van der Waals surface area contributed by atoms with E-state index in [1.54, 1.807) is 33.6 Å². The fourth-order valence-electron chi connectivity index (χ4n) is 1.95. The Morgan fingerprint density at radius 1 is 1.00 bits per heavy atom.